The Labute approximate surface area is 90.8 Å². The van der Waals surface area contributed by atoms with Gasteiger partial charge in [-0.15, -0.1) is 0 Å². The predicted octanol–water partition coefficient (Wildman–Crippen LogP) is 1.64. The Morgan fingerprint density at radius 3 is 2.27 bits per heavy atom. The SMILES string of the molecule is CC(NCc1ccc(O)cc1)C(C)(C)O. The van der Waals surface area contributed by atoms with E-state index < -0.39 is 5.60 Å². The zero-order valence-electron chi connectivity index (χ0n) is 9.49. The molecule has 0 aliphatic rings. The molecule has 1 aromatic carbocycles. The maximum absolute atomic E-state index is 9.71. The minimum absolute atomic E-state index is 0.0197. The number of benzene rings is 1. The van der Waals surface area contributed by atoms with Crippen LogP contribution in [0.2, 0.25) is 0 Å². The first-order valence-corrected chi connectivity index (χ1v) is 5.13. The fourth-order valence-corrected chi connectivity index (χ4v) is 1.13. The van der Waals surface area contributed by atoms with Crippen molar-refractivity contribution in [3.05, 3.63) is 29.8 Å². The molecule has 0 radical (unpaired) electrons. The Morgan fingerprint density at radius 2 is 1.80 bits per heavy atom. The first-order valence-electron chi connectivity index (χ1n) is 5.13. The van der Waals surface area contributed by atoms with E-state index in [9.17, 15) is 5.11 Å². The number of phenolic OH excluding ortho intramolecular Hbond substituents is 1. The van der Waals surface area contributed by atoms with Crippen LogP contribution in [0.3, 0.4) is 0 Å². The molecular weight excluding hydrogens is 190 g/mol. The Morgan fingerprint density at radius 1 is 1.27 bits per heavy atom. The molecule has 0 bridgehead atoms. The highest BCUT2D eigenvalue weighted by Gasteiger charge is 2.21. The summed E-state index contributed by atoms with van der Waals surface area (Å²) in [5.41, 5.74) is 0.362. The smallest absolute Gasteiger partial charge is 0.115 e. The normalized spacial score (nSPS) is 13.9. The fourth-order valence-electron chi connectivity index (χ4n) is 1.13. The third-order valence-corrected chi connectivity index (χ3v) is 2.61. The second kappa shape index (κ2) is 4.64. The molecule has 1 aromatic rings. The maximum Gasteiger partial charge on any atom is 0.115 e. The highest BCUT2D eigenvalue weighted by Crippen LogP contribution is 2.11. The molecule has 0 fully saturated rings. The highest BCUT2D eigenvalue weighted by molar-refractivity contribution is 5.25. The molecule has 3 N–H and O–H groups in total. The molecule has 15 heavy (non-hydrogen) atoms. The third kappa shape index (κ3) is 3.90. The lowest BCUT2D eigenvalue weighted by molar-refractivity contribution is 0.0437. The number of aliphatic hydroxyl groups is 1. The molecule has 1 rings (SSSR count). The molecule has 0 saturated heterocycles. The number of hydrogen-bond acceptors (Lipinski definition) is 3. The molecule has 3 heteroatoms. The van der Waals surface area contributed by atoms with Crippen LogP contribution in [0.5, 0.6) is 5.75 Å². The van der Waals surface area contributed by atoms with Gasteiger partial charge in [-0.05, 0) is 38.5 Å². The van der Waals surface area contributed by atoms with Gasteiger partial charge in [0.2, 0.25) is 0 Å². The third-order valence-electron chi connectivity index (χ3n) is 2.61. The summed E-state index contributed by atoms with van der Waals surface area (Å²) >= 11 is 0. The molecular formula is C12H19NO2. The van der Waals surface area contributed by atoms with Gasteiger partial charge in [0.05, 0.1) is 5.60 Å². The van der Waals surface area contributed by atoms with Crippen LogP contribution in [-0.2, 0) is 6.54 Å². The van der Waals surface area contributed by atoms with Crippen molar-refractivity contribution in [3.8, 4) is 5.75 Å². The second-order valence-electron chi connectivity index (χ2n) is 4.42. The van der Waals surface area contributed by atoms with Gasteiger partial charge in [0.25, 0.3) is 0 Å². The molecule has 0 amide bonds. The fraction of sp³-hybridized carbons (Fsp3) is 0.500. The van der Waals surface area contributed by atoms with Gasteiger partial charge >= 0.3 is 0 Å². The predicted molar refractivity (Wildman–Crippen MR) is 60.7 cm³/mol. The number of rotatable bonds is 4. The summed E-state index contributed by atoms with van der Waals surface area (Å²) in [5.74, 6) is 0.272. The van der Waals surface area contributed by atoms with E-state index >= 15 is 0 Å². The van der Waals surface area contributed by atoms with Crippen molar-refractivity contribution in [1.82, 2.24) is 5.32 Å². The average molecular weight is 209 g/mol. The summed E-state index contributed by atoms with van der Waals surface area (Å²) in [6.07, 6.45) is 0. The van der Waals surface area contributed by atoms with E-state index in [-0.39, 0.29) is 11.8 Å². The van der Waals surface area contributed by atoms with Crippen LogP contribution in [0.4, 0.5) is 0 Å². The molecule has 0 saturated carbocycles. The maximum atomic E-state index is 9.71. The van der Waals surface area contributed by atoms with Crippen LogP contribution < -0.4 is 5.32 Å². The van der Waals surface area contributed by atoms with E-state index in [1.54, 1.807) is 26.0 Å². The summed E-state index contributed by atoms with van der Waals surface area (Å²) < 4.78 is 0. The molecule has 3 nitrogen and oxygen atoms in total. The van der Waals surface area contributed by atoms with Crippen molar-refractivity contribution in [2.45, 2.75) is 39.0 Å². The van der Waals surface area contributed by atoms with E-state index in [2.05, 4.69) is 5.32 Å². The molecule has 1 unspecified atom stereocenters. The quantitative estimate of drug-likeness (QED) is 0.706. The lowest BCUT2D eigenvalue weighted by Gasteiger charge is -2.26. The van der Waals surface area contributed by atoms with Crippen LogP contribution in [0.1, 0.15) is 26.3 Å². The topological polar surface area (TPSA) is 52.5 Å². The van der Waals surface area contributed by atoms with E-state index in [1.165, 1.54) is 0 Å². The van der Waals surface area contributed by atoms with E-state index in [4.69, 9.17) is 5.11 Å². The van der Waals surface area contributed by atoms with Gasteiger partial charge in [-0.1, -0.05) is 12.1 Å². The van der Waals surface area contributed by atoms with E-state index in [0.717, 1.165) is 5.56 Å². The molecule has 0 heterocycles. The lowest BCUT2D eigenvalue weighted by Crippen LogP contribution is -2.44. The molecule has 0 aliphatic heterocycles. The van der Waals surface area contributed by atoms with Crippen molar-refractivity contribution in [2.75, 3.05) is 0 Å². The Hall–Kier alpha value is -1.06. The largest absolute Gasteiger partial charge is 0.508 e. The minimum Gasteiger partial charge on any atom is -0.508 e. The Bertz CT molecular complexity index is 300. The summed E-state index contributed by atoms with van der Waals surface area (Å²) in [6, 6.07) is 7.06. The monoisotopic (exact) mass is 209 g/mol. The van der Waals surface area contributed by atoms with Gasteiger partial charge in [-0.2, -0.15) is 0 Å². The standard InChI is InChI=1S/C12H19NO2/c1-9(12(2,3)15)13-8-10-4-6-11(14)7-5-10/h4-7,9,13-15H,8H2,1-3H3. The van der Waals surface area contributed by atoms with Crippen molar-refractivity contribution in [1.29, 1.82) is 0 Å². The van der Waals surface area contributed by atoms with Crippen molar-refractivity contribution in [3.63, 3.8) is 0 Å². The number of nitrogens with one attached hydrogen (secondary N) is 1. The zero-order valence-corrected chi connectivity index (χ0v) is 9.49. The van der Waals surface area contributed by atoms with E-state index in [1.807, 2.05) is 19.1 Å². The molecule has 84 valence electrons. The average Bonchev–Trinajstić information content (AvgIpc) is 2.15. The van der Waals surface area contributed by atoms with Gasteiger partial charge < -0.3 is 15.5 Å². The van der Waals surface area contributed by atoms with E-state index in [0.29, 0.717) is 6.54 Å². The lowest BCUT2D eigenvalue weighted by atomic mass is 10.0. The Balaban J connectivity index is 2.47. The van der Waals surface area contributed by atoms with Crippen molar-refractivity contribution < 1.29 is 10.2 Å². The first kappa shape index (κ1) is 12.0. The van der Waals surface area contributed by atoms with Crippen LogP contribution in [-0.4, -0.2) is 21.9 Å². The van der Waals surface area contributed by atoms with Crippen molar-refractivity contribution in [2.24, 2.45) is 0 Å². The molecule has 0 aromatic heterocycles. The molecule has 0 spiro atoms. The minimum atomic E-state index is -0.725. The van der Waals surface area contributed by atoms with Crippen molar-refractivity contribution >= 4 is 0 Å². The van der Waals surface area contributed by atoms with Crippen LogP contribution in [0.25, 0.3) is 0 Å². The first-order chi connectivity index (χ1) is 6.89. The molecule has 0 aliphatic carbocycles. The summed E-state index contributed by atoms with van der Waals surface area (Å²) in [6.45, 7) is 6.19. The number of phenols is 1. The molecule has 1 atom stereocenters. The van der Waals surface area contributed by atoms with Crippen LogP contribution in [0.15, 0.2) is 24.3 Å². The number of hydrogen-bond donors (Lipinski definition) is 3. The van der Waals surface area contributed by atoms with Gasteiger partial charge in [-0.25, -0.2) is 0 Å². The zero-order chi connectivity index (χ0) is 11.5. The number of aromatic hydroxyl groups is 1. The second-order valence-corrected chi connectivity index (χ2v) is 4.42. The van der Waals surface area contributed by atoms with Crippen LogP contribution >= 0.6 is 0 Å². The van der Waals surface area contributed by atoms with Gasteiger partial charge in [0.1, 0.15) is 5.75 Å². The van der Waals surface area contributed by atoms with Gasteiger partial charge in [0, 0.05) is 12.6 Å². The Kier molecular flexibility index (Phi) is 3.72. The van der Waals surface area contributed by atoms with Gasteiger partial charge in [-0.3, -0.25) is 0 Å². The van der Waals surface area contributed by atoms with Gasteiger partial charge in [0.15, 0.2) is 0 Å². The summed E-state index contributed by atoms with van der Waals surface area (Å²) in [7, 11) is 0. The highest BCUT2D eigenvalue weighted by atomic mass is 16.3. The van der Waals surface area contributed by atoms with Crippen LogP contribution in [0, 0.1) is 0 Å². The summed E-state index contributed by atoms with van der Waals surface area (Å²) in [4.78, 5) is 0. The summed E-state index contributed by atoms with van der Waals surface area (Å²) in [5, 5.41) is 22.0.